The van der Waals surface area contributed by atoms with E-state index in [1.165, 1.54) is 23.0 Å². The Hall–Kier alpha value is -3.38. The average Bonchev–Trinajstić information content (AvgIpc) is 3.26. The highest BCUT2D eigenvalue weighted by molar-refractivity contribution is 9.10. The number of ether oxygens (including phenoxy) is 1. The van der Waals surface area contributed by atoms with Gasteiger partial charge in [0.05, 0.1) is 11.9 Å². The zero-order valence-electron chi connectivity index (χ0n) is 13.2. The molecule has 1 amide bonds. The van der Waals surface area contributed by atoms with Crippen LogP contribution in [0.2, 0.25) is 0 Å². The van der Waals surface area contributed by atoms with E-state index >= 15 is 0 Å². The molecule has 0 fully saturated rings. The zero-order chi connectivity index (χ0) is 18.5. The third kappa shape index (κ3) is 3.81. The summed E-state index contributed by atoms with van der Waals surface area (Å²) in [6.07, 6.45) is 1.34. The monoisotopic (exact) mass is 414 g/mol. The number of esters is 1. The van der Waals surface area contributed by atoms with Crippen molar-refractivity contribution in [1.82, 2.24) is 9.78 Å². The van der Waals surface area contributed by atoms with E-state index in [1.807, 2.05) is 12.1 Å². The normalized spacial score (nSPS) is 10.2. The van der Waals surface area contributed by atoms with Gasteiger partial charge < -0.3 is 14.5 Å². The molecule has 8 nitrogen and oxygen atoms in total. The van der Waals surface area contributed by atoms with Crippen LogP contribution < -0.4 is 5.32 Å². The Morgan fingerprint density at radius 3 is 2.69 bits per heavy atom. The minimum atomic E-state index is -0.775. The maximum atomic E-state index is 12.1. The average molecular weight is 415 g/mol. The number of hydrogen-bond acceptors (Lipinski definition) is 6. The first-order valence-corrected chi connectivity index (χ1v) is 8.13. The van der Waals surface area contributed by atoms with Crippen molar-refractivity contribution >= 4 is 33.6 Å². The number of nitriles is 1. The fraction of sp³-hybridized carbons (Fsp3) is 0.0588. The smallest absolute Gasteiger partial charge is 0.374 e. The zero-order valence-corrected chi connectivity index (χ0v) is 14.8. The maximum absolute atomic E-state index is 12.1. The largest absolute Gasteiger partial charge is 0.450 e. The Kier molecular flexibility index (Phi) is 5.15. The molecule has 130 valence electrons. The number of amides is 1. The molecule has 0 unspecified atom stereocenters. The molecule has 1 N–H and O–H groups in total. The van der Waals surface area contributed by atoms with Crippen molar-refractivity contribution in [3.8, 4) is 11.8 Å². The third-order valence-electron chi connectivity index (χ3n) is 3.26. The van der Waals surface area contributed by atoms with E-state index in [9.17, 15) is 14.9 Å². The summed E-state index contributed by atoms with van der Waals surface area (Å²) >= 11 is 3.07. The molecule has 3 aromatic rings. The third-order valence-corrected chi connectivity index (χ3v) is 3.68. The molecule has 0 aliphatic carbocycles. The van der Waals surface area contributed by atoms with Crippen LogP contribution in [-0.2, 0) is 9.53 Å². The number of anilines is 1. The van der Waals surface area contributed by atoms with Gasteiger partial charge >= 0.3 is 5.97 Å². The van der Waals surface area contributed by atoms with Gasteiger partial charge in [0.15, 0.2) is 17.1 Å². The highest BCUT2D eigenvalue weighted by Crippen LogP contribution is 2.19. The summed E-state index contributed by atoms with van der Waals surface area (Å²) in [6.45, 7) is -0.540. The minimum Gasteiger partial charge on any atom is -0.450 e. The van der Waals surface area contributed by atoms with Crippen molar-refractivity contribution in [2.75, 3.05) is 11.9 Å². The van der Waals surface area contributed by atoms with E-state index in [-0.39, 0.29) is 17.1 Å². The van der Waals surface area contributed by atoms with Gasteiger partial charge in [-0.1, -0.05) is 18.2 Å². The number of hydrogen-bond donors (Lipinski definition) is 1. The van der Waals surface area contributed by atoms with Gasteiger partial charge in [-0.2, -0.15) is 10.4 Å². The van der Waals surface area contributed by atoms with E-state index < -0.39 is 18.5 Å². The number of rotatable bonds is 5. The Labute approximate surface area is 156 Å². The number of furan rings is 1. The number of para-hydroxylation sites is 1. The van der Waals surface area contributed by atoms with Gasteiger partial charge in [-0.05, 0) is 40.2 Å². The number of nitrogens with zero attached hydrogens (tertiary/aromatic N) is 3. The van der Waals surface area contributed by atoms with Crippen LogP contribution in [0.3, 0.4) is 0 Å². The van der Waals surface area contributed by atoms with Crippen LogP contribution in [0.1, 0.15) is 16.1 Å². The van der Waals surface area contributed by atoms with Crippen molar-refractivity contribution < 1.29 is 18.7 Å². The molecule has 0 spiro atoms. The second-order valence-corrected chi connectivity index (χ2v) is 5.78. The molecule has 0 aliphatic heterocycles. The Bertz CT molecular complexity index is 988. The second-order valence-electron chi connectivity index (χ2n) is 4.99. The molecule has 3 rings (SSSR count). The number of halogens is 1. The molecule has 0 atom stereocenters. The second kappa shape index (κ2) is 7.67. The predicted octanol–water partition coefficient (Wildman–Crippen LogP) is 2.89. The van der Waals surface area contributed by atoms with Gasteiger partial charge in [-0.3, -0.25) is 4.79 Å². The van der Waals surface area contributed by atoms with E-state index in [2.05, 4.69) is 26.3 Å². The van der Waals surface area contributed by atoms with Gasteiger partial charge in [0.1, 0.15) is 11.6 Å². The SMILES string of the molecule is N#Cc1cnn(-c2ccccc2)c1NC(=O)COC(=O)c1ccc(Br)o1. The number of aromatic nitrogens is 2. The number of nitrogens with one attached hydrogen (secondary N) is 1. The standard InChI is InChI=1S/C17H11BrN4O4/c18-14-7-6-13(26-14)17(24)25-10-15(23)21-16-11(8-19)9-20-22(16)12-4-2-1-3-5-12/h1-7,9H,10H2,(H,21,23). The molecule has 0 aliphatic rings. The van der Waals surface area contributed by atoms with Gasteiger partial charge in [0.2, 0.25) is 5.76 Å². The topological polar surface area (TPSA) is 110 Å². The maximum Gasteiger partial charge on any atom is 0.374 e. The van der Waals surface area contributed by atoms with Crippen LogP contribution in [0, 0.1) is 11.3 Å². The highest BCUT2D eigenvalue weighted by Gasteiger charge is 2.18. The van der Waals surface area contributed by atoms with Crippen molar-refractivity contribution in [3.63, 3.8) is 0 Å². The van der Waals surface area contributed by atoms with Crippen LogP contribution in [-0.4, -0.2) is 28.3 Å². The fourth-order valence-electron chi connectivity index (χ4n) is 2.11. The van der Waals surface area contributed by atoms with Crippen molar-refractivity contribution in [2.24, 2.45) is 0 Å². The highest BCUT2D eigenvalue weighted by atomic mass is 79.9. The Morgan fingerprint density at radius 1 is 1.27 bits per heavy atom. The predicted molar refractivity (Wildman–Crippen MR) is 93.6 cm³/mol. The number of benzene rings is 1. The summed E-state index contributed by atoms with van der Waals surface area (Å²) in [5, 5.41) is 15.9. The molecule has 1 aromatic carbocycles. The first-order valence-electron chi connectivity index (χ1n) is 7.34. The van der Waals surface area contributed by atoms with Crippen LogP contribution in [0.25, 0.3) is 5.69 Å². The summed E-state index contributed by atoms with van der Waals surface area (Å²) in [5.74, 6) is -1.22. The number of carbonyl (C=O) groups excluding carboxylic acids is 2. The molecular formula is C17H11BrN4O4. The van der Waals surface area contributed by atoms with Crippen LogP contribution >= 0.6 is 15.9 Å². The van der Waals surface area contributed by atoms with Crippen LogP contribution in [0.4, 0.5) is 5.82 Å². The first-order chi connectivity index (χ1) is 12.6. The number of carbonyl (C=O) groups is 2. The van der Waals surface area contributed by atoms with Crippen LogP contribution in [0.5, 0.6) is 0 Å². The summed E-state index contributed by atoms with van der Waals surface area (Å²) in [4.78, 5) is 23.9. The van der Waals surface area contributed by atoms with Crippen molar-refractivity contribution in [2.45, 2.75) is 0 Å². The van der Waals surface area contributed by atoms with E-state index in [4.69, 9.17) is 9.15 Å². The summed E-state index contributed by atoms with van der Waals surface area (Å²) in [6, 6.07) is 13.9. The molecule has 2 aromatic heterocycles. The molecule has 0 saturated carbocycles. The molecule has 0 radical (unpaired) electrons. The Morgan fingerprint density at radius 2 is 2.04 bits per heavy atom. The van der Waals surface area contributed by atoms with Crippen LogP contribution in [0.15, 0.2) is 57.7 Å². The fourth-order valence-corrected chi connectivity index (χ4v) is 2.42. The quantitative estimate of drug-likeness (QED) is 0.642. The van der Waals surface area contributed by atoms with Gasteiger partial charge in [0, 0.05) is 0 Å². The van der Waals surface area contributed by atoms with Crippen molar-refractivity contribution in [3.05, 3.63) is 64.7 Å². The molecule has 0 saturated heterocycles. The lowest BCUT2D eigenvalue weighted by atomic mass is 10.3. The molecule has 2 heterocycles. The van der Waals surface area contributed by atoms with Gasteiger partial charge in [-0.15, -0.1) is 0 Å². The summed E-state index contributed by atoms with van der Waals surface area (Å²) in [5.41, 5.74) is 0.852. The molecule has 26 heavy (non-hydrogen) atoms. The van der Waals surface area contributed by atoms with Gasteiger partial charge in [0.25, 0.3) is 5.91 Å². The first kappa shape index (κ1) is 17.4. The molecule has 9 heteroatoms. The molecular weight excluding hydrogens is 404 g/mol. The van der Waals surface area contributed by atoms with E-state index in [1.54, 1.807) is 24.3 Å². The molecule has 0 bridgehead atoms. The lowest BCUT2D eigenvalue weighted by Crippen LogP contribution is -2.22. The summed E-state index contributed by atoms with van der Waals surface area (Å²) in [7, 11) is 0. The van der Waals surface area contributed by atoms with Crippen molar-refractivity contribution in [1.29, 1.82) is 5.26 Å². The minimum absolute atomic E-state index is 0.0308. The van der Waals surface area contributed by atoms with Gasteiger partial charge in [-0.25, -0.2) is 9.48 Å². The van der Waals surface area contributed by atoms with E-state index in [0.717, 1.165) is 0 Å². The Balaban J connectivity index is 1.70. The lowest BCUT2D eigenvalue weighted by molar-refractivity contribution is -0.119. The summed E-state index contributed by atoms with van der Waals surface area (Å²) < 4.78 is 11.7. The van der Waals surface area contributed by atoms with E-state index in [0.29, 0.717) is 10.4 Å². The lowest BCUT2D eigenvalue weighted by Gasteiger charge is -2.09.